The lowest BCUT2D eigenvalue weighted by atomic mass is 10.1. The van der Waals surface area contributed by atoms with E-state index >= 15 is 0 Å². The van der Waals surface area contributed by atoms with E-state index in [1.165, 1.54) is 37.9 Å². The highest BCUT2D eigenvalue weighted by Gasteiger charge is 2.26. The normalized spacial score (nSPS) is 28.5. The Labute approximate surface area is 112 Å². The van der Waals surface area contributed by atoms with Crippen LogP contribution in [0.2, 0.25) is 0 Å². The average Bonchev–Trinajstić information content (AvgIpc) is 2.70. The third-order valence-corrected chi connectivity index (χ3v) is 4.14. The van der Waals surface area contributed by atoms with E-state index in [4.69, 9.17) is 0 Å². The molecule has 2 atom stereocenters. The van der Waals surface area contributed by atoms with Crippen LogP contribution >= 0.6 is 0 Å². The third-order valence-electron chi connectivity index (χ3n) is 4.14. The Morgan fingerprint density at radius 2 is 1.94 bits per heavy atom. The molecule has 2 fully saturated rings. The fourth-order valence-electron chi connectivity index (χ4n) is 2.61. The van der Waals surface area contributed by atoms with Crippen LogP contribution in [-0.2, 0) is 4.79 Å². The standard InChI is InChI=1S/C9H15NO.C6H13N/c1-7-4-9(5-8(7)2)10(3)6-11;1-7-5-3-2-4-6-7/h6,8-9H,1,4-5H2,2-3H3;2-6H2,1H3. The molecule has 1 aliphatic heterocycles. The van der Waals surface area contributed by atoms with Gasteiger partial charge in [-0.3, -0.25) is 4.79 Å². The average molecular weight is 252 g/mol. The van der Waals surface area contributed by atoms with E-state index in [2.05, 4.69) is 25.5 Å². The molecular weight excluding hydrogens is 224 g/mol. The van der Waals surface area contributed by atoms with Crippen LogP contribution in [0.3, 0.4) is 0 Å². The van der Waals surface area contributed by atoms with Crippen LogP contribution in [0.4, 0.5) is 0 Å². The molecule has 104 valence electrons. The molecule has 3 nitrogen and oxygen atoms in total. The number of piperidine rings is 1. The zero-order valence-electron chi connectivity index (χ0n) is 12.2. The molecule has 1 aliphatic carbocycles. The van der Waals surface area contributed by atoms with Gasteiger partial charge in [0.15, 0.2) is 0 Å². The topological polar surface area (TPSA) is 23.6 Å². The van der Waals surface area contributed by atoms with Crippen LogP contribution in [0.25, 0.3) is 0 Å². The molecule has 1 saturated carbocycles. The Bertz CT molecular complexity index is 272. The first-order chi connectivity index (χ1) is 8.54. The number of carbonyl (C=O) groups is 1. The fourth-order valence-corrected chi connectivity index (χ4v) is 2.61. The van der Waals surface area contributed by atoms with Gasteiger partial charge in [0.1, 0.15) is 0 Å². The SMILES string of the molecule is C=C1CC(N(C)C=O)CC1C.CN1CCCCC1. The van der Waals surface area contributed by atoms with Gasteiger partial charge in [-0.2, -0.15) is 0 Å². The highest BCUT2D eigenvalue weighted by Crippen LogP contribution is 2.31. The molecule has 2 unspecified atom stereocenters. The van der Waals surface area contributed by atoms with Crippen LogP contribution < -0.4 is 0 Å². The van der Waals surface area contributed by atoms with Gasteiger partial charge in [0.05, 0.1) is 0 Å². The maximum Gasteiger partial charge on any atom is 0.209 e. The molecule has 0 radical (unpaired) electrons. The van der Waals surface area contributed by atoms with Crippen LogP contribution in [0.15, 0.2) is 12.2 Å². The van der Waals surface area contributed by atoms with E-state index in [1.807, 2.05) is 7.05 Å². The van der Waals surface area contributed by atoms with Crippen molar-refractivity contribution in [2.45, 2.75) is 45.1 Å². The molecule has 0 aromatic heterocycles. The number of nitrogens with zero attached hydrogens (tertiary/aromatic N) is 2. The van der Waals surface area contributed by atoms with E-state index in [-0.39, 0.29) is 0 Å². The molecule has 1 amide bonds. The quantitative estimate of drug-likeness (QED) is 0.557. The Morgan fingerprint density at radius 3 is 2.28 bits per heavy atom. The van der Waals surface area contributed by atoms with Crippen molar-refractivity contribution in [1.29, 1.82) is 0 Å². The Kier molecular flexibility index (Phi) is 6.41. The fraction of sp³-hybridized carbons (Fsp3) is 0.800. The molecule has 3 heteroatoms. The Hall–Kier alpha value is -0.830. The molecule has 0 aromatic carbocycles. The smallest absolute Gasteiger partial charge is 0.209 e. The Morgan fingerprint density at radius 1 is 1.33 bits per heavy atom. The van der Waals surface area contributed by atoms with E-state index in [1.54, 1.807) is 4.90 Å². The Balaban J connectivity index is 0.000000199. The van der Waals surface area contributed by atoms with Crippen LogP contribution in [0, 0.1) is 5.92 Å². The molecule has 1 saturated heterocycles. The predicted octanol–water partition coefficient (Wildman–Crippen LogP) is 2.53. The maximum atomic E-state index is 10.4. The summed E-state index contributed by atoms with van der Waals surface area (Å²) in [5.74, 6) is 0.586. The summed E-state index contributed by atoms with van der Waals surface area (Å²) < 4.78 is 0. The van der Waals surface area contributed by atoms with Crippen molar-refractivity contribution in [2.75, 3.05) is 27.2 Å². The van der Waals surface area contributed by atoms with Gasteiger partial charge in [0.25, 0.3) is 0 Å². The highest BCUT2D eigenvalue weighted by atomic mass is 16.1. The molecular formula is C15H28N2O. The van der Waals surface area contributed by atoms with Crippen molar-refractivity contribution < 1.29 is 4.79 Å². The second-order valence-electron chi connectivity index (χ2n) is 5.79. The van der Waals surface area contributed by atoms with E-state index < -0.39 is 0 Å². The number of carbonyl (C=O) groups excluding carboxylic acids is 1. The lowest BCUT2D eigenvalue weighted by molar-refractivity contribution is -0.118. The van der Waals surface area contributed by atoms with Crippen LogP contribution in [0.5, 0.6) is 0 Å². The minimum atomic E-state index is 0.398. The summed E-state index contributed by atoms with van der Waals surface area (Å²) in [6.45, 7) is 8.77. The first kappa shape index (κ1) is 15.2. The number of amides is 1. The summed E-state index contributed by atoms with van der Waals surface area (Å²) in [4.78, 5) is 14.5. The van der Waals surface area contributed by atoms with Crippen molar-refractivity contribution in [3.63, 3.8) is 0 Å². The van der Waals surface area contributed by atoms with Crippen molar-refractivity contribution in [3.8, 4) is 0 Å². The molecule has 0 N–H and O–H groups in total. The van der Waals surface area contributed by atoms with Crippen LogP contribution in [0.1, 0.15) is 39.0 Å². The van der Waals surface area contributed by atoms with Crippen molar-refractivity contribution in [3.05, 3.63) is 12.2 Å². The summed E-state index contributed by atoms with van der Waals surface area (Å²) in [6.07, 6.45) is 7.23. The molecule has 1 heterocycles. The van der Waals surface area contributed by atoms with Crippen LogP contribution in [-0.4, -0.2) is 49.4 Å². The van der Waals surface area contributed by atoms with Gasteiger partial charge in [0, 0.05) is 13.1 Å². The molecule has 2 aliphatic rings. The minimum absolute atomic E-state index is 0.398. The van der Waals surface area contributed by atoms with E-state index in [9.17, 15) is 4.79 Å². The molecule has 0 bridgehead atoms. The van der Waals surface area contributed by atoms with Gasteiger partial charge in [-0.05, 0) is 51.7 Å². The third kappa shape index (κ3) is 4.81. The first-order valence-electron chi connectivity index (χ1n) is 7.08. The summed E-state index contributed by atoms with van der Waals surface area (Å²) in [5.41, 5.74) is 1.28. The van der Waals surface area contributed by atoms with Gasteiger partial charge in [0.2, 0.25) is 6.41 Å². The van der Waals surface area contributed by atoms with Gasteiger partial charge in [-0.25, -0.2) is 0 Å². The van der Waals surface area contributed by atoms with Crippen molar-refractivity contribution >= 4 is 6.41 Å². The molecule has 0 aromatic rings. The molecule has 18 heavy (non-hydrogen) atoms. The zero-order chi connectivity index (χ0) is 13.5. The van der Waals surface area contributed by atoms with Gasteiger partial charge >= 0.3 is 0 Å². The highest BCUT2D eigenvalue weighted by molar-refractivity contribution is 5.47. The maximum absolute atomic E-state index is 10.4. The summed E-state index contributed by atoms with van der Waals surface area (Å²) >= 11 is 0. The van der Waals surface area contributed by atoms with E-state index in [0.717, 1.165) is 19.3 Å². The summed E-state index contributed by atoms with van der Waals surface area (Å²) in [7, 11) is 4.03. The summed E-state index contributed by atoms with van der Waals surface area (Å²) in [5, 5.41) is 0. The minimum Gasteiger partial charge on any atom is -0.345 e. The van der Waals surface area contributed by atoms with Gasteiger partial charge < -0.3 is 9.80 Å². The zero-order valence-corrected chi connectivity index (χ0v) is 12.2. The summed E-state index contributed by atoms with van der Waals surface area (Å²) in [6, 6.07) is 0.398. The first-order valence-corrected chi connectivity index (χ1v) is 7.08. The van der Waals surface area contributed by atoms with Gasteiger partial charge in [-0.1, -0.05) is 25.5 Å². The second kappa shape index (κ2) is 7.57. The van der Waals surface area contributed by atoms with Gasteiger partial charge in [-0.15, -0.1) is 0 Å². The monoisotopic (exact) mass is 252 g/mol. The van der Waals surface area contributed by atoms with E-state index in [0.29, 0.717) is 12.0 Å². The predicted molar refractivity (Wildman–Crippen MR) is 76.5 cm³/mol. The number of hydrogen-bond acceptors (Lipinski definition) is 2. The second-order valence-corrected chi connectivity index (χ2v) is 5.79. The lowest BCUT2D eigenvalue weighted by Crippen LogP contribution is -2.27. The number of likely N-dealkylation sites (tertiary alicyclic amines) is 1. The molecule has 0 spiro atoms. The largest absolute Gasteiger partial charge is 0.345 e. The molecule has 2 rings (SSSR count). The lowest BCUT2D eigenvalue weighted by Gasteiger charge is -2.20. The number of rotatable bonds is 2. The van der Waals surface area contributed by atoms with Crippen molar-refractivity contribution in [2.24, 2.45) is 5.92 Å². The van der Waals surface area contributed by atoms with Crippen molar-refractivity contribution in [1.82, 2.24) is 9.80 Å². The number of hydrogen-bond donors (Lipinski definition) is 0.